The van der Waals surface area contributed by atoms with E-state index in [1.54, 1.807) is 36.4 Å². The van der Waals surface area contributed by atoms with Crippen molar-refractivity contribution in [2.45, 2.75) is 19.4 Å². The molecule has 4 aromatic carbocycles. The average molecular weight is 468 g/mol. The molecule has 0 saturated heterocycles. The summed E-state index contributed by atoms with van der Waals surface area (Å²) in [7, 11) is 0. The highest BCUT2D eigenvalue weighted by Crippen LogP contribution is 2.46. The zero-order valence-electron chi connectivity index (χ0n) is 19.5. The molecule has 1 nitrogen and oxygen atoms in total. The van der Waals surface area contributed by atoms with Crippen molar-refractivity contribution >= 4 is 16.8 Å². The second-order valence-electron chi connectivity index (χ2n) is 9.12. The molecule has 0 aliphatic carbocycles. The topological polar surface area (TPSA) is 12.0 Å². The van der Waals surface area contributed by atoms with E-state index in [2.05, 4.69) is 30.1 Å². The average Bonchev–Trinajstić information content (AvgIpc) is 2.84. The summed E-state index contributed by atoms with van der Waals surface area (Å²) in [5.74, 6) is -0.923. The molecule has 0 spiro atoms. The van der Waals surface area contributed by atoms with Crippen LogP contribution in [0.25, 0.3) is 11.1 Å². The zero-order valence-corrected chi connectivity index (χ0v) is 19.5. The monoisotopic (exact) mass is 467 g/mol. The van der Waals surface area contributed by atoms with Crippen LogP contribution in [-0.2, 0) is 5.54 Å². The number of nitrogens with one attached hydrogen (secondary N) is 1. The maximum absolute atomic E-state index is 13.7. The summed E-state index contributed by atoms with van der Waals surface area (Å²) in [6.07, 6.45) is 2.10. The van der Waals surface area contributed by atoms with Gasteiger partial charge in [-0.25, -0.2) is 13.2 Å². The van der Waals surface area contributed by atoms with Crippen LogP contribution in [0.4, 0.5) is 18.9 Å². The largest absolute Gasteiger partial charge is 0.371 e. The van der Waals surface area contributed by atoms with E-state index >= 15 is 0 Å². The Balaban J connectivity index is 1.74. The van der Waals surface area contributed by atoms with Crippen molar-refractivity contribution in [3.63, 3.8) is 0 Å². The summed E-state index contributed by atoms with van der Waals surface area (Å²) in [6, 6.07) is 23.2. The number of aryl methyl sites for hydroxylation is 1. The highest BCUT2D eigenvalue weighted by Gasteiger charge is 2.33. The molecule has 0 aromatic heterocycles. The van der Waals surface area contributed by atoms with Gasteiger partial charge < -0.3 is 5.32 Å². The van der Waals surface area contributed by atoms with Crippen LogP contribution in [0.2, 0.25) is 0 Å². The van der Waals surface area contributed by atoms with Crippen molar-refractivity contribution in [2.24, 2.45) is 0 Å². The summed E-state index contributed by atoms with van der Waals surface area (Å²) in [5, 5.41) is 3.67. The molecule has 0 amide bonds. The predicted molar refractivity (Wildman–Crippen MR) is 137 cm³/mol. The first-order chi connectivity index (χ1) is 16.7. The second-order valence-corrected chi connectivity index (χ2v) is 9.12. The number of halogens is 3. The number of hydrogen-bond donors (Lipinski definition) is 1. The maximum atomic E-state index is 13.7. The van der Waals surface area contributed by atoms with Gasteiger partial charge in [-0.05, 0) is 102 Å². The Hall–Kier alpha value is -4.05. The third-order valence-electron chi connectivity index (χ3n) is 6.51. The number of benzene rings is 4. The third-order valence-corrected chi connectivity index (χ3v) is 6.51. The summed E-state index contributed by atoms with van der Waals surface area (Å²) >= 11 is 0. The van der Waals surface area contributed by atoms with E-state index in [1.807, 2.05) is 13.8 Å². The van der Waals surface area contributed by atoms with Gasteiger partial charge in [-0.1, -0.05) is 43.0 Å². The van der Waals surface area contributed by atoms with Gasteiger partial charge >= 0.3 is 0 Å². The normalized spacial score (nSPS) is 16.8. The molecule has 0 bridgehead atoms. The van der Waals surface area contributed by atoms with Crippen LogP contribution in [-0.4, -0.2) is 0 Å². The standard InChI is InChI=1S/C31H24F3N/c1-19-16-27(20(2)21-4-10-24(32)11-5-21)30-28(17-19)29(22-6-12-25(33)13-7-22)18-31(3,35-30)23-8-14-26(34)15-9-23/h4-18,35H,2H2,1,3H3. The van der Waals surface area contributed by atoms with Crippen molar-refractivity contribution in [2.75, 3.05) is 5.32 Å². The lowest BCUT2D eigenvalue weighted by Crippen LogP contribution is -2.33. The number of anilines is 1. The van der Waals surface area contributed by atoms with E-state index in [9.17, 15) is 13.2 Å². The summed E-state index contributed by atoms with van der Waals surface area (Å²) < 4.78 is 41.0. The van der Waals surface area contributed by atoms with E-state index in [0.29, 0.717) is 0 Å². The van der Waals surface area contributed by atoms with E-state index in [1.165, 1.54) is 36.4 Å². The lowest BCUT2D eigenvalue weighted by atomic mass is 9.79. The van der Waals surface area contributed by atoms with Gasteiger partial charge in [0.25, 0.3) is 0 Å². The summed E-state index contributed by atoms with van der Waals surface area (Å²) in [4.78, 5) is 0. The van der Waals surface area contributed by atoms with E-state index in [0.717, 1.165) is 50.2 Å². The van der Waals surface area contributed by atoms with Gasteiger partial charge in [0.1, 0.15) is 17.5 Å². The molecule has 5 rings (SSSR count). The number of fused-ring (bicyclic) bond motifs is 1. The first-order valence-corrected chi connectivity index (χ1v) is 11.4. The molecular formula is C31H24F3N. The Kier molecular flexibility index (Phi) is 5.60. The van der Waals surface area contributed by atoms with Gasteiger partial charge in [0.2, 0.25) is 0 Å². The van der Waals surface area contributed by atoms with Crippen molar-refractivity contribution in [3.8, 4) is 0 Å². The first-order valence-electron chi connectivity index (χ1n) is 11.4. The molecule has 35 heavy (non-hydrogen) atoms. The van der Waals surface area contributed by atoms with Gasteiger partial charge in [-0.2, -0.15) is 0 Å². The van der Waals surface area contributed by atoms with Crippen molar-refractivity contribution in [1.82, 2.24) is 0 Å². The van der Waals surface area contributed by atoms with Gasteiger partial charge in [0.15, 0.2) is 0 Å². The smallest absolute Gasteiger partial charge is 0.123 e. The fraction of sp³-hybridized carbons (Fsp3) is 0.0968. The molecule has 0 saturated carbocycles. The summed E-state index contributed by atoms with van der Waals surface area (Å²) in [6.45, 7) is 8.37. The Labute approximate surface area is 203 Å². The minimum Gasteiger partial charge on any atom is -0.371 e. The fourth-order valence-electron chi connectivity index (χ4n) is 4.66. The summed E-state index contributed by atoms with van der Waals surface area (Å²) in [5.41, 5.74) is 7.28. The van der Waals surface area contributed by atoms with Gasteiger partial charge in [-0.15, -0.1) is 0 Å². The van der Waals surface area contributed by atoms with Gasteiger partial charge in [-0.3, -0.25) is 0 Å². The minimum atomic E-state index is -0.683. The van der Waals surface area contributed by atoms with Gasteiger partial charge in [0.05, 0.1) is 11.2 Å². The zero-order chi connectivity index (χ0) is 24.7. The molecule has 174 valence electrons. The van der Waals surface area contributed by atoms with Crippen LogP contribution < -0.4 is 5.32 Å². The van der Waals surface area contributed by atoms with Crippen LogP contribution in [0.5, 0.6) is 0 Å². The molecule has 1 atom stereocenters. The number of rotatable bonds is 4. The van der Waals surface area contributed by atoms with Crippen molar-refractivity contribution in [1.29, 1.82) is 0 Å². The van der Waals surface area contributed by atoms with E-state index < -0.39 is 5.54 Å². The molecule has 0 fully saturated rings. The highest BCUT2D eigenvalue weighted by molar-refractivity contribution is 5.97. The third kappa shape index (κ3) is 4.28. The van der Waals surface area contributed by atoms with Gasteiger partial charge in [0, 0.05) is 11.1 Å². The first kappa shape index (κ1) is 22.7. The quantitative estimate of drug-likeness (QED) is 0.319. The Morgan fingerprint density at radius 3 is 1.91 bits per heavy atom. The molecule has 1 N–H and O–H groups in total. The predicted octanol–water partition coefficient (Wildman–Crippen LogP) is 8.25. The highest BCUT2D eigenvalue weighted by atomic mass is 19.1. The fourth-order valence-corrected chi connectivity index (χ4v) is 4.66. The molecule has 4 heteroatoms. The Morgan fingerprint density at radius 2 is 1.31 bits per heavy atom. The molecule has 4 aromatic rings. The van der Waals surface area contributed by atoms with Crippen LogP contribution in [0.15, 0.2) is 97.6 Å². The maximum Gasteiger partial charge on any atom is 0.123 e. The Morgan fingerprint density at radius 1 is 0.771 bits per heavy atom. The number of hydrogen-bond acceptors (Lipinski definition) is 1. The SMILES string of the molecule is C=C(c1ccc(F)cc1)c1cc(C)cc2c1NC(C)(c1ccc(F)cc1)C=C2c1ccc(F)cc1. The van der Waals surface area contributed by atoms with Crippen molar-refractivity contribution < 1.29 is 13.2 Å². The molecule has 1 aliphatic heterocycles. The molecule has 0 radical (unpaired) electrons. The van der Waals surface area contributed by atoms with E-state index in [-0.39, 0.29) is 17.5 Å². The Bertz CT molecular complexity index is 1450. The second kappa shape index (κ2) is 8.62. The van der Waals surface area contributed by atoms with Crippen LogP contribution >= 0.6 is 0 Å². The molecule has 1 aliphatic rings. The molecule has 1 unspecified atom stereocenters. The van der Waals surface area contributed by atoms with Crippen LogP contribution in [0.3, 0.4) is 0 Å². The van der Waals surface area contributed by atoms with Crippen LogP contribution in [0.1, 0.15) is 40.3 Å². The van der Waals surface area contributed by atoms with Crippen molar-refractivity contribution in [3.05, 3.63) is 148 Å². The lowest BCUT2D eigenvalue weighted by Gasteiger charge is -2.38. The molecular weight excluding hydrogens is 443 g/mol. The van der Waals surface area contributed by atoms with Crippen LogP contribution in [0, 0.1) is 24.4 Å². The minimum absolute atomic E-state index is 0.306. The molecule has 1 heterocycles. The van der Waals surface area contributed by atoms with E-state index in [4.69, 9.17) is 0 Å². The lowest BCUT2D eigenvalue weighted by molar-refractivity contribution is 0.621.